The Labute approximate surface area is 229 Å². The lowest BCUT2D eigenvalue weighted by Gasteiger charge is -2.39. The summed E-state index contributed by atoms with van der Waals surface area (Å²) in [5.74, 6) is -0.189. The first-order valence-electron chi connectivity index (χ1n) is 13.2. The zero-order chi connectivity index (χ0) is 28.2. The van der Waals surface area contributed by atoms with Crippen molar-refractivity contribution in [2.45, 2.75) is 78.0 Å². The van der Waals surface area contributed by atoms with Crippen molar-refractivity contribution >= 4 is 41.1 Å². The van der Waals surface area contributed by atoms with Gasteiger partial charge >= 0.3 is 6.09 Å². The fourth-order valence-electron chi connectivity index (χ4n) is 4.45. The van der Waals surface area contributed by atoms with E-state index in [1.807, 2.05) is 20.8 Å². The number of fused-ring (bicyclic) bond motifs is 1. The SMILES string of the molecule is CCC(=O)NCCN1C(=O)C(C)(C)Oc2cc(C)c(C(=O)N[C@@H]3CCCN(C(=O)OC(Cl)C(C)C)C3)cc21. The molecule has 0 bridgehead atoms. The number of likely N-dealkylation sites (tertiary alicyclic amines) is 1. The van der Waals surface area contributed by atoms with Crippen molar-refractivity contribution in [1.29, 1.82) is 0 Å². The van der Waals surface area contributed by atoms with Crippen molar-refractivity contribution in [2.75, 3.05) is 31.1 Å². The molecule has 11 heteroatoms. The molecule has 3 rings (SSSR count). The second-order valence-corrected chi connectivity index (χ2v) is 11.1. The molecule has 2 heterocycles. The van der Waals surface area contributed by atoms with Crippen LogP contribution in [0.25, 0.3) is 0 Å². The number of hydrogen-bond acceptors (Lipinski definition) is 6. The summed E-state index contributed by atoms with van der Waals surface area (Å²) in [7, 11) is 0. The Kier molecular flexibility index (Phi) is 9.51. The van der Waals surface area contributed by atoms with Gasteiger partial charge in [0.15, 0.2) is 11.2 Å². The molecule has 2 atom stereocenters. The standard InChI is InChI=1S/C27H39ClN4O6/c1-7-22(33)29-10-12-32-20-14-19(17(4)13-21(20)38-27(5,6)25(32)35)24(34)30-18-9-8-11-31(15-18)26(36)37-23(28)16(2)3/h13-14,16,18,23H,7-12,15H2,1-6H3,(H,29,33)(H,30,34)/t18-,23?/m1/s1. The maximum Gasteiger partial charge on any atom is 0.411 e. The Hall–Kier alpha value is -3.01. The molecular weight excluding hydrogens is 512 g/mol. The molecule has 4 amide bonds. The van der Waals surface area contributed by atoms with Gasteiger partial charge in [-0.25, -0.2) is 4.79 Å². The number of alkyl halides is 1. The molecule has 1 aromatic carbocycles. The third-order valence-corrected chi connectivity index (χ3v) is 7.29. The molecule has 1 fully saturated rings. The van der Waals surface area contributed by atoms with Crippen molar-refractivity contribution < 1.29 is 28.7 Å². The van der Waals surface area contributed by atoms with E-state index in [4.69, 9.17) is 21.1 Å². The van der Waals surface area contributed by atoms with Crippen LogP contribution in [0.1, 0.15) is 69.8 Å². The molecule has 38 heavy (non-hydrogen) atoms. The van der Waals surface area contributed by atoms with Crippen LogP contribution in [0.3, 0.4) is 0 Å². The third kappa shape index (κ3) is 6.89. The van der Waals surface area contributed by atoms with Gasteiger partial charge in [0.1, 0.15) is 5.75 Å². The van der Waals surface area contributed by atoms with Crippen molar-refractivity contribution in [2.24, 2.45) is 5.92 Å². The summed E-state index contributed by atoms with van der Waals surface area (Å²) in [6.45, 7) is 12.1. The molecule has 10 nitrogen and oxygen atoms in total. The van der Waals surface area contributed by atoms with E-state index < -0.39 is 17.3 Å². The lowest BCUT2D eigenvalue weighted by atomic mass is 9.99. The molecule has 0 radical (unpaired) electrons. The summed E-state index contributed by atoms with van der Waals surface area (Å²) < 4.78 is 11.3. The number of halogens is 1. The predicted octanol–water partition coefficient (Wildman–Crippen LogP) is 3.58. The predicted molar refractivity (Wildman–Crippen MR) is 145 cm³/mol. The molecule has 1 unspecified atom stereocenters. The van der Waals surface area contributed by atoms with E-state index in [0.29, 0.717) is 54.9 Å². The lowest BCUT2D eigenvalue weighted by Crippen LogP contribution is -2.54. The molecular formula is C27H39ClN4O6. The van der Waals surface area contributed by atoms with Gasteiger partial charge in [-0.05, 0) is 51.3 Å². The Morgan fingerprint density at radius 2 is 1.97 bits per heavy atom. The number of aryl methyl sites for hydroxylation is 1. The maximum atomic E-state index is 13.4. The van der Waals surface area contributed by atoms with Gasteiger partial charge in [-0.15, -0.1) is 0 Å². The number of nitrogens with one attached hydrogen (secondary N) is 2. The zero-order valence-electron chi connectivity index (χ0n) is 23.1. The Balaban J connectivity index is 1.76. The van der Waals surface area contributed by atoms with E-state index in [-0.39, 0.29) is 42.8 Å². The largest absolute Gasteiger partial charge is 0.476 e. The number of anilines is 1. The van der Waals surface area contributed by atoms with Gasteiger partial charge in [-0.1, -0.05) is 32.4 Å². The van der Waals surface area contributed by atoms with Crippen molar-refractivity contribution in [3.63, 3.8) is 0 Å². The van der Waals surface area contributed by atoms with Crippen LogP contribution >= 0.6 is 11.6 Å². The highest BCUT2D eigenvalue weighted by molar-refractivity contribution is 6.20. The fraction of sp³-hybridized carbons (Fsp3) is 0.630. The lowest BCUT2D eigenvalue weighted by molar-refractivity contribution is -0.132. The van der Waals surface area contributed by atoms with E-state index in [1.54, 1.807) is 42.7 Å². The van der Waals surface area contributed by atoms with Gasteiger partial charge in [0.2, 0.25) is 5.91 Å². The number of piperidine rings is 1. The number of nitrogens with zero attached hydrogens (tertiary/aromatic N) is 2. The van der Waals surface area contributed by atoms with Crippen LogP contribution in [0.15, 0.2) is 12.1 Å². The number of ether oxygens (including phenoxy) is 2. The summed E-state index contributed by atoms with van der Waals surface area (Å²) in [4.78, 5) is 53.9. The van der Waals surface area contributed by atoms with Crippen molar-refractivity contribution in [1.82, 2.24) is 15.5 Å². The van der Waals surface area contributed by atoms with Gasteiger partial charge < -0.3 is 29.9 Å². The second kappa shape index (κ2) is 12.2. The number of carbonyl (C=O) groups excluding carboxylic acids is 4. The first kappa shape index (κ1) is 29.5. The topological polar surface area (TPSA) is 117 Å². The maximum absolute atomic E-state index is 13.4. The van der Waals surface area contributed by atoms with Crippen molar-refractivity contribution in [3.8, 4) is 5.75 Å². The molecule has 2 aliphatic rings. The highest BCUT2D eigenvalue weighted by Gasteiger charge is 2.41. The zero-order valence-corrected chi connectivity index (χ0v) is 23.8. The van der Waals surface area contributed by atoms with Gasteiger partial charge in [-0.2, -0.15) is 0 Å². The molecule has 1 aromatic rings. The first-order valence-corrected chi connectivity index (χ1v) is 13.6. The van der Waals surface area contributed by atoms with Crippen LogP contribution in [0.4, 0.5) is 10.5 Å². The number of rotatable bonds is 8. The molecule has 2 N–H and O–H groups in total. The average molecular weight is 551 g/mol. The minimum absolute atomic E-state index is 0.0168. The molecule has 0 saturated carbocycles. The number of benzene rings is 1. The number of amides is 4. The van der Waals surface area contributed by atoms with Gasteiger partial charge in [0.25, 0.3) is 11.8 Å². The van der Waals surface area contributed by atoms with E-state index in [1.165, 1.54) is 0 Å². The van der Waals surface area contributed by atoms with Crippen LogP contribution in [-0.2, 0) is 14.3 Å². The summed E-state index contributed by atoms with van der Waals surface area (Å²) in [6.07, 6.45) is 1.29. The highest BCUT2D eigenvalue weighted by atomic mass is 35.5. The molecule has 2 aliphatic heterocycles. The van der Waals surface area contributed by atoms with Gasteiger partial charge in [0, 0.05) is 50.1 Å². The van der Waals surface area contributed by atoms with Crippen LogP contribution in [0.2, 0.25) is 0 Å². The van der Waals surface area contributed by atoms with Crippen LogP contribution in [-0.4, -0.2) is 72.1 Å². The van der Waals surface area contributed by atoms with Gasteiger partial charge in [0.05, 0.1) is 5.69 Å². The number of hydrogen-bond donors (Lipinski definition) is 2. The Bertz CT molecular complexity index is 1080. The van der Waals surface area contributed by atoms with Crippen LogP contribution in [0, 0.1) is 12.8 Å². The highest BCUT2D eigenvalue weighted by Crippen LogP contribution is 2.39. The minimum Gasteiger partial charge on any atom is -0.476 e. The quantitative estimate of drug-likeness (QED) is 0.478. The summed E-state index contributed by atoms with van der Waals surface area (Å²) in [5, 5.41) is 5.82. The third-order valence-electron chi connectivity index (χ3n) is 6.70. The smallest absolute Gasteiger partial charge is 0.411 e. The molecule has 210 valence electrons. The molecule has 1 saturated heterocycles. The number of carbonyl (C=O) groups is 4. The molecule has 0 aliphatic carbocycles. The van der Waals surface area contributed by atoms with E-state index in [2.05, 4.69) is 10.6 Å². The average Bonchev–Trinajstić information content (AvgIpc) is 2.85. The van der Waals surface area contributed by atoms with Gasteiger partial charge in [-0.3, -0.25) is 14.4 Å². The summed E-state index contributed by atoms with van der Waals surface area (Å²) in [6, 6.07) is 3.15. The second-order valence-electron chi connectivity index (χ2n) is 10.6. The fourth-order valence-corrected chi connectivity index (χ4v) is 4.52. The molecule has 0 spiro atoms. The first-order chi connectivity index (χ1) is 17.8. The van der Waals surface area contributed by atoms with E-state index >= 15 is 0 Å². The minimum atomic E-state index is -1.09. The monoisotopic (exact) mass is 550 g/mol. The van der Waals surface area contributed by atoms with Crippen LogP contribution in [0.5, 0.6) is 5.75 Å². The summed E-state index contributed by atoms with van der Waals surface area (Å²) >= 11 is 6.10. The van der Waals surface area contributed by atoms with E-state index in [0.717, 1.165) is 0 Å². The van der Waals surface area contributed by atoms with Crippen LogP contribution < -0.4 is 20.3 Å². The normalized spacial score (nSPS) is 19.4. The Morgan fingerprint density at radius 1 is 1.26 bits per heavy atom. The van der Waals surface area contributed by atoms with Crippen molar-refractivity contribution in [3.05, 3.63) is 23.3 Å². The summed E-state index contributed by atoms with van der Waals surface area (Å²) in [5.41, 5.74) is -0.229. The van der Waals surface area contributed by atoms with E-state index in [9.17, 15) is 19.2 Å². The molecule has 0 aromatic heterocycles. The Morgan fingerprint density at radius 3 is 2.63 bits per heavy atom.